The molecule has 0 bridgehead atoms. The minimum absolute atomic E-state index is 0.0129. The van der Waals surface area contributed by atoms with Gasteiger partial charge in [0.05, 0.1) is 28.3 Å². The highest BCUT2D eigenvalue weighted by Gasteiger charge is 2.25. The van der Waals surface area contributed by atoms with Gasteiger partial charge in [0.25, 0.3) is 5.91 Å². The average Bonchev–Trinajstić information content (AvgIpc) is 2.63. The second-order valence-electron chi connectivity index (χ2n) is 6.14. The van der Waals surface area contributed by atoms with E-state index in [9.17, 15) is 4.79 Å². The van der Waals surface area contributed by atoms with E-state index in [1.807, 2.05) is 29.2 Å². The zero-order valence-electron chi connectivity index (χ0n) is 13.8. The highest BCUT2D eigenvalue weighted by molar-refractivity contribution is 6.42. The van der Waals surface area contributed by atoms with Crippen LogP contribution in [0.2, 0.25) is 10.0 Å². The number of para-hydroxylation sites is 1. The molecule has 2 aromatic carbocycles. The summed E-state index contributed by atoms with van der Waals surface area (Å²) < 4.78 is 5.96. The number of rotatable bonds is 4. The minimum Gasteiger partial charge on any atom is -0.398 e. The van der Waals surface area contributed by atoms with Crippen LogP contribution >= 0.6 is 23.2 Å². The normalized spacial score (nSPS) is 15.4. The molecule has 132 valence electrons. The van der Waals surface area contributed by atoms with Crippen molar-refractivity contribution in [1.29, 1.82) is 0 Å². The number of likely N-dealkylation sites (tertiary alicyclic amines) is 1. The van der Waals surface area contributed by atoms with Crippen LogP contribution in [0.15, 0.2) is 42.5 Å². The first kappa shape index (κ1) is 18.1. The number of nitrogens with zero attached hydrogens (tertiary/aromatic N) is 1. The molecule has 1 heterocycles. The molecule has 0 spiro atoms. The molecular formula is C19H20Cl2N2O2. The highest BCUT2D eigenvalue weighted by Crippen LogP contribution is 2.24. The Morgan fingerprint density at radius 2 is 1.84 bits per heavy atom. The van der Waals surface area contributed by atoms with E-state index < -0.39 is 0 Å². The molecule has 1 aliphatic heterocycles. The quantitative estimate of drug-likeness (QED) is 0.802. The van der Waals surface area contributed by atoms with Crippen molar-refractivity contribution in [3.8, 4) is 0 Å². The Morgan fingerprint density at radius 1 is 1.12 bits per heavy atom. The van der Waals surface area contributed by atoms with Crippen molar-refractivity contribution in [3.63, 3.8) is 0 Å². The number of halogens is 2. The lowest BCUT2D eigenvalue weighted by molar-refractivity contribution is -0.000352. The van der Waals surface area contributed by atoms with Crippen molar-refractivity contribution >= 4 is 34.8 Å². The fraction of sp³-hybridized carbons (Fsp3) is 0.316. The van der Waals surface area contributed by atoms with Crippen molar-refractivity contribution in [2.24, 2.45) is 0 Å². The van der Waals surface area contributed by atoms with E-state index in [1.165, 1.54) is 0 Å². The average molecular weight is 379 g/mol. The number of ether oxygens (including phenoxy) is 1. The van der Waals surface area contributed by atoms with Gasteiger partial charge in [0.2, 0.25) is 0 Å². The number of hydrogen-bond acceptors (Lipinski definition) is 3. The molecule has 25 heavy (non-hydrogen) atoms. The van der Waals surface area contributed by atoms with E-state index in [4.69, 9.17) is 33.7 Å². The fourth-order valence-electron chi connectivity index (χ4n) is 2.93. The molecule has 4 nitrogen and oxygen atoms in total. The zero-order valence-corrected chi connectivity index (χ0v) is 15.3. The summed E-state index contributed by atoms with van der Waals surface area (Å²) >= 11 is 11.9. The summed E-state index contributed by atoms with van der Waals surface area (Å²) in [7, 11) is 0. The molecule has 0 saturated carbocycles. The molecule has 1 fully saturated rings. The van der Waals surface area contributed by atoms with Crippen LogP contribution in [0.25, 0.3) is 0 Å². The van der Waals surface area contributed by atoms with E-state index >= 15 is 0 Å². The molecule has 1 amide bonds. The lowest BCUT2D eigenvalue weighted by Crippen LogP contribution is -2.41. The van der Waals surface area contributed by atoms with Gasteiger partial charge in [-0.1, -0.05) is 41.4 Å². The predicted molar refractivity (Wildman–Crippen MR) is 101 cm³/mol. The van der Waals surface area contributed by atoms with Gasteiger partial charge >= 0.3 is 0 Å². The van der Waals surface area contributed by atoms with Gasteiger partial charge in [0, 0.05) is 18.8 Å². The molecule has 1 saturated heterocycles. The van der Waals surface area contributed by atoms with Crippen LogP contribution in [0.5, 0.6) is 0 Å². The van der Waals surface area contributed by atoms with Crippen LogP contribution in [0.3, 0.4) is 0 Å². The molecule has 0 unspecified atom stereocenters. The van der Waals surface area contributed by atoms with Crippen molar-refractivity contribution < 1.29 is 9.53 Å². The highest BCUT2D eigenvalue weighted by atomic mass is 35.5. The lowest BCUT2D eigenvalue weighted by Gasteiger charge is -2.32. The minimum atomic E-state index is -0.0129. The van der Waals surface area contributed by atoms with E-state index in [0.29, 0.717) is 41.0 Å². The molecule has 6 heteroatoms. The Balaban J connectivity index is 1.51. The number of benzene rings is 2. The molecular weight excluding hydrogens is 359 g/mol. The molecule has 0 atom stereocenters. The van der Waals surface area contributed by atoms with Gasteiger partial charge in [-0.05, 0) is 42.7 Å². The molecule has 1 aliphatic rings. The Bertz CT molecular complexity index is 759. The van der Waals surface area contributed by atoms with Gasteiger partial charge in [-0.25, -0.2) is 0 Å². The number of carbonyl (C=O) groups excluding carboxylic acids is 1. The van der Waals surface area contributed by atoms with Crippen molar-refractivity contribution in [2.45, 2.75) is 25.6 Å². The van der Waals surface area contributed by atoms with Gasteiger partial charge in [-0.3, -0.25) is 4.79 Å². The molecule has 3 rings (SSSR count). The third-order valence-electron chi connectivity index (χ3n) is 4.39. The first-order valence-electron chi connectivity index (χ1n) is 8.24. The SMILES string of the molecule is Nc1ccccc1C(=O)N1CCC(OCc2ccc(Cl)c(Cl)c2)CC1. The second kappa shape index (κ2) is 8.09. The number of hydrogen-bond donors (Lipinski definition) is 1. The van der Waals surface area contributed by atoms with Gasteiger partial charge < -0.3 is 15.4 Å². The number of nitrogen functional groups attached to an aromatic ring is 1. The number of piperidine rings is 1. The zero-order chi connectivity index (χ0) is 17.8. The summed E-state index contributed by atoms with van der Waals surface area (Å²) in [5, 5.41) is 1.07. The first-order valence-corrected chi connectivity index (χ1v) is 8.99. The molecule has 0 aromatic heterocycles. The van der Waals surface area contributed by atoms with E-state index in [-0.39, 0.29) is 12.0 Å². The van der Waals surface area contributed by atoms with Crippen molar-refractivity contribution in [1.82, 2.24) is 4.90 Å². The molecule has 0 radical (unpaired) electrons. The summed E-state index contributed by atoms with van der Waals surface area (Å²) in [6.07, 6.45) is 1.74. The van der Waals surface area contributed by atoms with Gasteiger partial charge in [0.15, 0.2) is 0 Å². The second-order valence-corrected chi connectivity index (χ2v) is 6.95. The number of nitrogens with two attached hydrogens (primary N) is 1. The Morgan fingerprint density at radius 3 is 2.52 bits per heavy atom. The van der Waals surface area contributed by atoms with Crippen LogP contribution in [-0.2, 0) is 11.3 Å². The summed E-state index contributed by atoms with van der Waals surface area (Å²) in [4.78, 5) is 14.4. The molecule has 2 N–H and O–H groups in total. The Hall–Kier alpha value is -1.75. The van der Waals surface area contributed by atoms with E-state index in [2.05, 4.69) is 0 Å². The van der Waals surface area contributed by atoms with Crippen LogP contribution in [0, 0.1) is 0 Å². The maximum Gasteiger partial charge on any atom is 0.255 e. The van der Waals surface area contributed by atoms with Crippen LogP contribution in [0.4, 0.5) is 5.69 Å². The van der Waals surface area contributed by atoms with Gasteiger partial charge in [-0.15, -0.1) is 0 Å². The topological polar surface area (TPSA) is 55.6 Å². The monoisotopic (exact) mass is 378 g/mol. The maximum absolute atomic E-state index is 12.6. The first-order chi connectivity index (χ1) is 12.0. The predicted octanol–water partition coefficient (Wildman–Crippen LogP) is 4.40. The maximum atomic E-state index is 12.6. The van der Waals surface area contributed by atoms with Gasteiger partial charge in [-0.2, -0.15) is 0 Å². The third-order valence-corrected chi connectivity index (χ3v) is 5.13. The molecule has 0 aliphatic carbocycles. The van der Waals surface area contributed by atoms with Crippen LogP contribution < -0.4 is 5.73 Å². The fourth-order valence-corrected chi connectivity index (χ4v) is 3.25. The Labute approximate surface area is 157 Å². The standard InChI is InChI=1S/C19H20Cl2N2O2/c20-16-6-5-13(11-17(16)21)12-25-14-7-9-23(10-8-14)19(24)15-3-1-2-4-18(15)22/h1-6,11,14H,7-10,12,22H2. The van der Waals surface area contributed by atoms with Crippen LogP contribution in [0.1, 0.15) is 28.8 Å². The van der Waals surface area contributed by atoms with Crippen LogP contribution in [-0.4, -0.2) is 30.0 Å². The van der Waals surface area contributed by atoms with E-state index in [1.54, 1.807) is 18.2 Å². The number of amides is 1. The number of anilines is 1. The van der Waals surface area contributed by atoms with E-state index in [0.717, 1.165) is 18.4 Å². The summed E-state index contributed by atoms with van der Waals surface area (Å²) in [5.74, 6) is -0.0129. The summed E-state index contributed by atoms with van der Waals surface area (Å²) in [5.41, 5.74) is 7.97. The number of carbonyl (C=O) groups is 1. The van der Waals surface area contributed by atoms with Crippen molar-refractivity contribution in [2.75, 3.05) is 18.8 Å². The van der Waals surface area contributed by atoms with Gasteiger partial charge in [0.1, 0.15) is 0 Å². The molecule has 2 aromatic rings. The largest absolute Gasteiger partial charge is 0.398 e. The van der Waals surface area contributed by atoms with Crippen molar-refractivity contribution in [3.05, 3.63) is 63.6 Å². The Kier molecular flexibility index (Phi) is 5.84. The third kappa shape index (κ3) is 4.46. The lowest BCUT2D eigenvalue weighted by atomic mass is 10.1. The summed E-state index contributed by atoms with van der Waals surface area (Å²) in [6, 6.07) is 12.7. The summed E-state index contributed by atoms with van der Waals surface area (Å²) in [6.45, 7) is 1.82. The smallest absolute Gasteiger partial charge is 0.255 e.